The summed E-state index contributed by atoms with van der Waals surface area (Å²) in [6.07, 6.45) is 7.70. The van der Waals surface area contributed by atoms with Crippen molar-refractivity contribution in [3.8, 4) is 5.75 Å². The number of carbonyl (C=O) groups excluding carboxylic acids is 2. The van der Waals surface area contributed by atoms with Crippen LogP contribution in [0.4, 0.5) is 10.5 Å². The largest absolute Gasteiger partial charge is 0.490 e. The number of hydrogen-bond donors (Lipinski definition) is 1. The third-order valence-electron chi connectivity index (χ3n) is 11.6. The van der Waals surface area contributed by atoms with Crippen LogP contribution in [0.5, 0.6) is 5.75 Å². The number of nitrogens with zero attached hydrogens (tertiary/aromatic N) is 3. The molecule has 0 aromatic heterocycles. The Balaban J connectivity index is 1.29. The predicted molar refractivity (Wildman–Crippen MR) is 190 cm³/mol. The van der Waals surface area contributed by atoms with Gasteiger partial charge in [-0.05, 0) is 106 Å². The first-order valence-corrected chi connectivity index (χ1v) is 19.5. The second-order valence-corrected chi connectivity index (χ2v) is 17.1. The molecule has 2 aliphatic carbocycles. The van der Waals surface area contributed by atoms with Gasteiger partial charge in [-0.25, -0.2) is 17.9 Å². The van der Waals surface area contributed by atoms with Gasteiger partial charge in [0, 0.05) is 49.1 Å². The first-order valence-electron chi connectivity index (χ1n) is 17.7. The van der Waals surface area contributed by atoms with E-state index in [2.05, 4.69) is 21.8 Å². The number of morpholine rings is 1. The molecule has 2 aromatic rings. The SMILES string of the molecule is CN1C/C=C\[C@H](OC(=O)N2CCOCC2)[C@@H]2CC[C@H]2CN2C[C@@]3(CCCc4cc(Cl)ccc43)COc3ccc(cc32)S(=O)(=O)NC(=O)C1(C)C. The molecule has 1 saturated carbocycles. The van der Waals surface area contributed by atoms with Gasteiger partial charge in [0.25, 0.3) is 15.9 Å². The molecule has 11 nitrogen and oxygen atoms in total. The number of aryl methyl sites for hydroxylation is 1. The van der Waals surface area contributed by atoms with Crippen LogP contribution in [0.25, 0.3) is 0 Å². The lowest BCUT2D eigenvalue weighted by Gasteiger charge is -2.46. The topological polar surface area (TPSA) is 118 Å². The van der Waals surface area contributed by atoms with Crippen LogP contribution in [-0.2, 0) is 36.1 Å². The maximum Gasteiger partial charge on any atom is 0.410 e. The van der Waals surface area contributed by atoms with Gasteiger partial charge in [0.1, 0.15) is 11.9 Å². The molecule has 270 valence electrons. The highest BCUT2D eigenvalue weighted by Crippen LogP contribution is 2.47. The number of benzene rings is 2. The number of anilines is 1. The molecule has 5 aliphatic rings. The number of amides is 2. The monoisotopic (exact) mass is 726 g/mol. The Labute approximate surface area is 299 Å². The Morgan fingerprint density at radius 1 is 1.10 bits per heavy atom. The van der Waals surface area contributed by atoms with Crippen LogP contribution >= 0.6 is 11.6 Å². The minimum absolute atomic E-state index is 0.00195. The zero-order valence-electron chi connectivity index (χ0n) is 29.0. The number of carbonyl (C=O) groups is 2. The van der Waals surface area contributed by atoms with Gasteiger partial charge in [-0.1, -0.05) is 23.7 Å². The van der Waals surface area contributed by atoms with Crippen molar-refractivity contribution in [3.63, 3.8) is 0 Å². The molecular weight excluding hydrogens is 680 g/mol. The number of likely N-dealkylation sites (N-methyl/N-ethyl adjacent to an activating group) is 1. The van der Waals surface area contributed by atoms with Crippen molar-refractivity contribution in [2.24, 2.45) is 11.8 Å². The lowest BCUT2D eigenvalue weighted by atomic mass is 9.68. The smallest absolute Gasteiger partial charge is 0.410 e. The fourth-order valence-electron chi connectivity index (χ4n) is 8.06. The maximum absolute atomic E-state index is 13.8. The summed E-state index contributed by atoms with van der Waals surface area (Å²) in [6.45, 7) is 7.32. The van der Waals surface area contributed by atoms with Gasteiger partial charge in [0.05, 0.1) is 35.9 Å². The number of ether oxygens (including phenoxy) is 3. The summed E-state index contributed by atoms with van der Waals surface area (Å²) in [5.74, 6) is 0.175. The highest BCUT2D eigenvalue weighted by molar-refractivity contribution is 7.90. The molecule has 1 N–H and O–H groups in total. The number of rotatable bonds is 1. The number of nitrogens with one attached hydrogen (secondary N) is 1. The van der Waals surface area contributed by atoms with Crippen LogP contribution in [-0.4, -0.2) is 101 Å². The van der Waals surface area contributed by atoms with E-state index in [0.717, 1.165) is 32.1 Å². The van der Waals surface area contributed by atoms with Crippen LogP contribution < -0.4 is 14.4 Å². The van der Waals surface area contributed by atoms with E-state index in [0.29, 0.717) is 69.0 Å². The first-order chi connectivity index (χ1) is 23.9. The summed E-state index contributed by atoms with van der Waals surface area (Å²) in [6, 6.07) is 11.0. The molecule has 3 aliphatic heterocycles. The van der Waals surface area contributed by atoms with Crippen molar-refractivity contribution in [1.29, 1.82) is 0 Å². The standard InChI is InChI=1S/C37H47ClN4O7S/c1-36(2)34(43)39-50(45,46)28-10-13-33-31(21-28)42(23-37(24-48-33)14-4-6-25-20-27(38)9-12-30(25)37)22-26-8-11-29(26)32(7-5-15-40(36)3)49-35(44)41-16-18-47-19-17-41/h5,7,9-10,12-13,20-21,26,29,32H,4,6,8,11,14-19,22-24H2,1-3H3,(H,39,43)/b7-5-/t26-,29+,32-,37-/m0/s1. The number of hydrogen-bond acceptors (Lipinski definition) is 9. The molecule has 2 aromatic carbocycles. The Bertz CT molecular complexity index is 1780. The van der Waals surface area contributed by atoms with Gasteiger partial charge in [-0.2, -0.15) is 0 Å². The normalized spacial score (nSPS) is 30.1. The number of halogens is 1. The molecule has 4 atom stereocenters. The quantitative estimate of drug-likeness (QED) is 0.415. The highest BCUT2D eigenvalue weighted by Gasteiger charge is 2.45. The van der Waals surface area contributed by atoms with E-state index < -0.39 is 27.6 Å². The van der Waals surface area contributed by atoms with E-state index in [1.54, 1.807) is 42.8 Å². The van der Waals surface area contributed by atoms with Crippen LogP contribution in [0.1, 0.15) is 50.7 Å². The molecule has 7 rings (SSSR count). The van der Waals surface area contributed by atoms with E-state index in [1.165, 1.54) is 17.2 Å². The maximum atomic E-state index is 13.8. The molecule has 1 saturated heterocycles. The molecule has 1 spiro atoms. The van der Waals surface area contributed by atoms with Gasteiger partial charge in [0.15, 0.2) is 0 Å². The second kappa shape index (κ2) is 13.7. The van der Waals surface area contributed by atoms with Gasteiger partial charge >= 0.3 is 6.09 Å². The highest BCUT2D eigenvalue weighted by atomic mass is 35.5. The molecule has 0 radical (unpaired) electrons. The van der Waals surface area contributed by atoms with E-state index in [9.17, 15) is 18.0 Å². The molecule has 13 heteroatoms. The first kappa shape index (κ1) is 35.1. The molecular formula is C37H47ClN4O7S. The summed E-state index contributed by atoms with van der Waals surface area (Å²) >= 11 is 6.44. The van der Waals surface area contributed by atoms with E-state index >= 15 is 0 Å². The number of sulfonamides is 1. The molecule has 2 fully saturated rings. The van der Waals surface area contributed by atoms with E-state index in [1.807, 2.05) is 18.2 Å². The Hall–Kier alpha value is -3.32. The molecule has 0 unspecified atom stereocenters. The van der Waals surface area contributed by atoms with Crippen LogP contribution in [0.3, 0.4) is 0 Å². The van der Waals surface area contributed by atoms with Crippen molar-refractivity contribution in [1.82, 2.24) is 14.5 Å². The predicted octanol–water partition coefficient (Wildman–Crippen LogP) is 4.76. The molecule has 3 heterocycles. The second-order valence-electron chi connectivity index (χ2n) is 15.0. The van der Waals surface area contributed by atoms with Crippen molar-refractivity contribution < 1.29 is 32.2 Å². The van der Waals surface area contributed by atoms with E-state index in [4.69, 9.17) is 25.8 Å². The van der Waals surface area contributed by atoms with Crippen molar-refractivity contribution in [2.75, 3.05) is 64.5 Å². The van der Waals surface area contributed by atoms with Crippen molar-refractivity contribution in [3.05, 3.63) is 64.7 Å². The summed E-state index contributed by atoms with van der Waals surface area (Å²) in [5, 5.41) is 0.706. The third kappa shape index (κ3) is 6.71. The van der Waals surface area contributed by atoms with Gasteiger partial charge in [-0.15, -0.1) is 0 Å². The Morgan fingerprint density at radius 3 is 2.66 bits per heavy atom. The zero-order chi connectivity index (χ0) is 35.3. The van der Waals surface area contributed by atoms with E-state index in [-0.39, 0.29) is 28.2 Å². The van der Waals surface area contributed by atoms with Crippen LogP contribution in [0.2, 0.25) is 5.02 Å². The fourth-order valence-corrected chi connectivity index (χ4v) is 9.39. The zero-order valence-corrected chi connectivity index (χ0v) is 30.6. The Kier molecular flexibility index (Phi) is 9.59. The van der Waals surface area contributed by atoms with Gasteiger partial charge in [-0.3, -0.25) is 9.69 Å². The fraction of sp³-hybridized carbons (Fsp3) is 0.568. The van der Waals surface area contributed by atoms with Crippen LogP contribution in [0.15, 0.2) is 53.4 Å². The summed E-state index contributed by atoms with van der Waals surface area (Å²) in [4.78, 5) is 32.7. The molecule has 2 bridgehead atoms. The summed E-state index contributed by atoms with van der Waals surface area (Å²) in [7, 11) is -2.44. The third-order valence-corrected chi connectivity index (χ3v) is 13.2. The minimum Gasteiger partial charge on any atom is -0.490 e. The van der Waals surface area contributed by atoms with Gasteiger partial charge in [0.2, 0.25) is 0 Å². The van der Waals surface area contributed by atoms with Crippen molar-refractivity contribution in [2.45, 2.75) is 67.9 Å². The molecule has 2 amide bonds. The summed E-state index contributed by atoms with van der Waals surface area (Å²) < 4.78 is 48.2. The minimum atomic E-state index is -4.21. The average molecular weight is 727 g/mol. The lowest BCUT2D eigenvalue weighted by Crippen LogP contribution is -2.54. The Morgan fingerprint density at radius 2 is 1.90 bits per heavy atom. The van der Waals surface area contributed by atoms with Crippen molar-refractivity contribution >= 4 is 39.3 Å². The summed E-state index contributed by atoms with van der Waals surface area (Å²) in [5.41, 5.74) is 1.59. The number of fused-ring (bicyclic) bond motifs is 4. The van der Waals surface area contributed by atoms with Gasteiger partial charge < -0.3 is 24.0 Å². The lowest BCUT2D eigenvalue weighted by molar-refractivity contribution is -0.128. The average Bonchev–Trinajstić information content (AvgIpc) is 3.23. The van der Waals surface area contributed by atoms with Crippen LogP contribution in [0, 0.1) is 11.8 Å². The molecule has 50 heavy (non-hydrogen) atoms.